The average molecular weight is 347 g/mol. The van der Waals surface area contributed by atoms with Gasteiger partial charge in [-0.1, -0.05) is 36.8 Å². The van der Waals surface area contributed by atoms with E-state index >= 15 is 0 Å². The van der Waals surface area contributed by atoms with Crippen LogP contribution in [-0.4, -0.2) is 22.0 Å². The molecule has 1 fully saturated rings. The van der Waals surface area contributed by atoms with Gasteiger partial charge in [0.15, 0.2) is 0 Å². The zero-order valence-electron chi connectivity index (χ0n) is 15.7. The molecule has 0 bridgehead atoms. The van der Waals surface area contributed by atoms with E-state index in [-0.39, 0.29) is 11.8 Å². The van der Waals surface area contributed by atoms with Crippen molar-refractivity contribution >= 4 is 22.6 Å². The Balaban J connectivity index is 1.71. The van der Waals surface area contributed by atoms with Gasteiger partial charge >= 0.3 is 0 Å². The summed E-state index contributed by atoms with van der Waals surface area (Å²) in [5.74, 6) is 1.38. The minimum absolute atomic E-state index is 0.141. The van der Waals surface area contributed by atoms with Crippen LogP contribution in [-0.2, 0) is 11.3 Å². The van der Waals surface area contributed by atoms with E-state index in [2.05, 4.69) is 61.7 Å². The van der Waals surface area contributed by atoms with Gasteiger partial charge < -0.3 is 9.47 Å². The van der Waals surface area contributed by atoms with Crippen LogP contribution in [0.1, 0.15) is 42.6 Å². The third-order valence-electron chi connectivity index (χ3n) is 5.26. The molecule has 2 aromatic carbocycles. The second kappa shape index (κ2) is 6.60. The standard InChI is InChI=1S/C22H25N3O/c1-4-11-24-20-8-6-5-7-18(20)23-22(24)17-13-21(26)25(14-17)19-10-9-15(2)12-16(19)3/h5-10,12,17H,4,11,13-14H2,1-3H3/t17-/m1/s1. The van der Waals surface area contributed by atoms with E-state index in [1.54, 1.807) is 0 Å². The normalized spacial score (nSPS) is 17.4. The summed E-state index contributed by atoms with van der Waals surface area (Å²) in [6.45, 7) is 7.98. The first-order valence-electron chi connectivity index (χ1n) is 9.41. The fourth-order valence-electron chi connectivity index (χ4n) is 4.09. The summed E-state index contributed by atoms with van der Waals surface area (Å²) >= 11 is 0. The summed E-state index contributed by atoms with van der Waals surface area (Å²) in [6, 6.07) is 14.6. The SMILES string of the molecule is CCCn1c([C@@H]2CC(=O)N(c3ccc(C)cc3C)C2)nc2ccccc21. The molecule has 2 heterocycles. The molecule has 0 N–H and O–H groups in total. The molecule has 1 aliphatic rings. The van der Waals surface area contributed by atoms with Crippen LogP contribution in [0.25, 0.3) is 11.0 Å². The van der Waals surface area contributed by atoms with Gasteiger partial charge in [0, 0.05) is 31.1 Å². The number of amides is 1. The summed E-state index contributed by atoms with van der Waals surface area (Å²) in [6.07, 6.45) is 1.58. The highest BCUT2D eigenvalue weighted by molar-refractivity contribution is 5.97. The molecule has 1 aromatic heterocycles. The van der Waals surface area contributed by atoms with Crippen LogP contribution in [0.2, 0.25) is 0 Å². The lowest BCUT2D eigenvalue weighted by Crippen LogP contribution is -2.25. The van der Waals surface area contributed by atoms with Gasteiger partial charge in [0.1, 0.15) is 5.82 Å². The van der Waals surface area contributed by atoms with Crippen LogP contribution >= 0.6 is 0 Å². The number of imidazole rings is 1. The summed E-state index contributed by atoms with van der Waals surface area (Å²) < 4.78 is 2.30. The molecule has 0 saturated carbocycles. The highest BCUT2D eigenvalue weighted by Gasteiger charge is 2.35. The number of aryl methyl sites for hydroxylation is 3. The number of aromatic nitrogens is 2. The molecular weight excluding hydrogens is 322 g/mol. The van der Waals surface area contributed by atoms with Gasteiger partial charge in [-0.3, -0.25) is 4.79 Å². The molecule has 0 aliphatic carbocycles. The minimum Gasteiger partial charge on any atom is -0.328 e. The van der Waals surface area contributed by atoms with Crippen LogP contribution in [0, 0.1) is 13.8 Å². The van der Waals surface area contributed by atoms with Gasteiger partial charge in [-0.25, -0.2) is 4.98 Å². The Morgan fingerprint density at radius 3 is 2.73 bits per heavy atom. The molecule has 3 aromatic rings. The van der Waals surface area contributed by atoms with E-state index in [9.17, 15) is 4.79 Å². The Kier molecular flexibility index (Phi) is 4.27. The Hall–Kier alpha value is -2.62. The molecule has 4 heteroatoms. The Bertz CT molecular complexity index is 973. The van der Waals surface area contributed by atoms with Crippen molar-refractivity contribution in [3.8, 4) is 0 Å². The number of carbonyl (C=O) groups is 1. The molecule has 4 rings (SSSR count). The quantitative estimate of drug-likeness (QED) is 0.693. The molecule has 1 saturated heterocycles. The number of fused-ring (bicyclic) bond motifs is 1. The zero-order valence-corrected chi connectivity index (χ0v) is 15.7. The molecule has 4 nitrogen and oxygen atoms in total. The van der Waals surface area contributed by atoms with Crippen molar-refractivity contribution in [2.45, 2.75) is 46.1 Å². The maximum Gasteiger partial charge on any atom is 0.227 e. The number of carbonyl (C=O) groups excluding carboxylic acids is 1. The van der Waals surface area contributed by atoms with Crippen molar-refractivity contribution in [2.75, 3.05) is 11.4 Å². The van der Waals surface area contributed by atoms with Crippen LogP contribution in [0.3, 0.4) is 0 Å². The van der Waals surface area contributed by atoms with Gasteiger partial charge in [-0.05, 0) is 44.0 Å². The van der Waals surface area contributed by atoms with Crippen LogP contribution < -0.4 is 4.90 Å². The average Bonchev–Trinajstić information content (AvgIpc) is 3.17. The van der Waals surface area contributed by atoms with E-state index in [0.717, 1.165) is 35.6 Å². The van der Waals surface area contributed by atoms with Crippen molar-refractivity contribution in [1.29, 1.82) is 0 Å². The minimum atomic E-state index is 0.141. The van der Waals surface area contributed by atoms with E-state index < -0.39 is 0 Å². The number of anilines is 1. The largest absolute Gasteiger partial charge is 0.328 e. The second-order valence-electron chi connectivity index (χ2n) is 7.31. The van der Waals surface area contributed by atoms with Crippen molar-refractivity contribution in [2.24, 2.45) is 0 Å². The summed E-state index contributed by atoms with van der Waals surface area (Å²) in [7, 11) is 0. The molecular formula is C22H25N3O. The fraction of sp³-hybridized carbons (Fsp3) is 0.364. The molecule has 1 amide bonds. The molecule has 0 spiro atoms. The molecule has 1 atom stereocenters. The lowest BCUT2D eigenvalue weighted by atomic mass is 10.1. The second-order valence-corrected chi connectivity index (χ2v) is 7.31. The van der Waals surface area contributed by atoms with E-state index in [1.165, 1.54) is 11.1 Å². The maximum absolute atomic E-state index is 12.8. The summed E-state index contributed by atoms with van der Waals surface area (Å²) in [4.78, 5) is 19.6. The molecule has 134 valence electrons. The highest BCUT2D eigenvalue weighted by Crippen LogP contribution is 2.34. The molecule has 1 aliphatic heterocycles. The first-order valence-corrected chi connectivity index (χ1v) is 9.41. The topological polar surface area (TPSA) is 38.1 Å². The number of benzene rings is 2. The number of hydrogen-bond acceptors (Lipinski definition) is 2. The number of nitrogens with zero attached hydrogens (tertiary/aromatic N) is 3. The monoisotopic (exact) mass is 347 g/mol. The highest BCUT2D eigenvalue weighted by atomic mass is 16.2. The van der Waals surface area contributed by atoms with Gasteiger partial charge in [0.05, 0.1) is 11.0 Å². The number of hydrogen-bond donors (Lipinski definition) is 0. The van der Waals surface area contributed by atoms with Crippen LogP contribution in [0.5, 0.6) is 0 Å². The van der Waals surface area contributed by atoms with Gasteiger partial charge in [-0.2, -0.15) is 0 Å². The number of rotatable bonds is 4. The Labute approximate surface area is 154 Å². The van der Waals surface area contributed by atoms with Crippen molar-refractivity contribution < 1.29 is 4.79 Å². The Morgan fingerprint density at radius 1 is 1.15 bits per heavy atom. The smallest absolute Gasteiger partial charge is 0.227 e. The molecule has 0 radical (unpaired) electrons. The van der Waals surface area contributed by atoms with Crippen LogP contribution in [0.15, 0.2) is 42.5 Å². The first kappa shape index (κ1) is 16.8. The predicted molar refractivity (Wildman–Crippen MR) is 106 cm³/mol. The Morgan fingerprint density at radius 2 is 1.96 bits per heavy atom. The third kappa shape index (κ3) is 2.79. The van der Waals surface area contributed by atoms with Gasteiger partial charge in [0.25, 0.3) is 0 Å². The lowest BCUT2D eigenvalue weighted by Gasteiger charge is -2.20. The van der Waals surface area contributed by atoms with E-state index in [4.69, 9.17) is 4.98 Å². The van der Waals surface area contributed by atoms with Crippen molar-refractivity contribution in [1.82, 2.24) is 9.55 Å². The first-order chi connectivity index (χ1) is 12.6. The lowest BCUT2D eigenvalue weighted by molar-refractivity contribution is -0.117. The maximum atomic E-state index is 12.8. The summed E-state index contributed by atoms with van der Waals surface area (Å²) in [5.41, 5.74) is 5.59. The van der Waals surface area contributed by atoms with E-state index in [0.29, 0.717) is 13.0 Å². The van der Waals surface area contributed by atoms with Gasteiger partial charge in [0.2, 0.25) is 5.91 Å². The predicted octanol–water partition coefficient (Wildman–Crippen LogP) is 4.58. The van der Waals surface area contributed by atoms with Gasteiger partial charge in [-0.15, -0.1) is 0 Å². The zero-order chi connectivity index (χ0) is 18.3. The fourth-order valence-corrected chi connectivity index (χ4v) is 4.09. The third-order valence-corrected chi connectivity index (χ3v) is 5.26. The molecule has 0 unspecified atom stereocenters. The summed E-state index contributed by atoms with van der Waals surface area (Å²) in [5, 5.41) is 0. The molecule has 26 heavy (non-hydrogen) atoms. The number of para-hydroxylation sites is 2. The van der Waals surface area contributed by atoms with E-state index in [1.807, 2.05) is 11.0 Å². The van der Waals surface area contributed by atoms with Crippen molar-refractivity contribution in [3.05, 3.63) is 59.4 Å². The van der Waals surface area contributed by atoms with Crippen LogP contribution in [0.4, 0.5) is 5.69 Å². The van der Waals surface area contributed by atoms with Crippen molar-refractivity contribution in [3.63, 3.8) is 0 Å².